The molecule has 0 aliphatic heterocycles. The van der Waals surface area contributed by atoms with E-state index in [0.717, 1.165) is 0 Å². The number of rotatable bonds is 2. The molecule has 0 saturated heterocycles. The number of hydrogen-bond donors (Lipinski definition) is 0. The summed E-state index contributed by atoms with van der Waals surface area (Å²) in [4.78, 5) is 0. The molecule has 0 radical (unpaired) electrons. The number of fused-ring (bicyclic) bond motifs is 5. The van der Waals surface area contributed by atoms with Gasteiger partial charge in [0.15, 0.2) is 0 Å². The van der Waals surface area contributed by atoms with Gasteiger partial charge in [0, 0.05) is 0 Å². The van der Waals surface area contributed by atoms with Gasteiger partial charge in [-0.1, -0.05) is 0 Å². The van der Waals surface area contributed by atoms with Crippen molar-refractivity contribution in [3.05, 3.63) is 97.1 Å². The Balaban J connectivity index is 1.53. The molecule has 0 spiro atoms. The first-order chi connectivity index (χ1) is 13.9. The van der Waals surface area contributed by atoms with Crippen molar-refractivity contribution in [2.45, 2.75) is 0 Å². The molecule has 2 aromatic heterocycles. The summed E-state index contributed by atoms with van der Waals surface area (Å²) in [5.41, 5.74) is 5.31. The summed E-state index contributed by atoms with van der Waals surface area (Å²) in [6, 6.07) is 35.7. The van der Waals surface area contributed by atoms with Gasteiger partial charge in [0.2, 0.25) is 0 Å². The van der Waals surface area contributed by atoms with Crippen LogP contribution in [-0.4, -0.2) is 29.0 Å². The SMILES string of the molecule is c1ccc(-c2ccc3c(c2)[se]c2c4ccc(-c5ccccc5)cc4[se]c32)cc1. The third kappa shape index (κ3) is 2.65. The quantitative estimate of drug-likeness (QED) is 0.242. The van der Waals surface area contributed by atoms with E-state index in [4.69, 9.17) is 0 Å². The van der Waals surface area contributed by atoms with E-state index in [2.05, 4.69) is 97.1 Å². The third-order valence-corrected chi connectivity index (χ3v) is 10.9. The Bertz CT molecular complexity index is 1320. The van der Waals surface area contributed by atoms with Crippen molar-refractivity contribution in [2.75, 3.05) is 0 Å². The molecule has 6 rings (SSSR count). The number of benzene rings is 4. The van der Waals surface area contributed by atoms with Crippen LogP contribution in [0.1, 0.15) is 0 Å². The van der Waals surface area contributed by atoms with Crippen molar-refractivity contribution >= 4 is 56.8 Å². The normalized spacial score (nSPS) is 11.6. The maximum absolute atomic E-state index is 2.43. The predicted molar refractivity (Wildman–Crippen MR) is 124 cm³/mol. The molecule has 2 heteroatoms. The first kappa shape index (κ1) is 16.6. The standard InChI is InChI=1S/C26H16Se2/c1-3-7-17(8-4-1)19-11-13-21-23(15-19)27-26-22-14-12-20(16-24(22)28-25(21)26)18-9-5-2-6-10-18/h1-16H. The number of hydrogen-bond acceptors (Lipinski definition) is 0. The fourth-order valence-electron chi connectivity index (χ4n) is 3.88. The van der Waals surface area contributed by atoms with Crippen LogP contribution < -0.4 is 0 Å². The zero-order valence-electron chi connectivity index (χ0n) is 15.1. The van der Waals surface area contributed by atoms with Gasteiger partial charge >= 0.3 is 176 Å². The topological polar surface area (TPSA) is 0 Å². The first-order valence-electron chi connectivity index (χ1n) is 9.36. The molecule has 6 aromatic rings. The zero-order chi connectivity index (χ0) is 18.5. The molecule has 0 fully saturated rings. The van der Waals surface area contributed by atoms with E-state index >= 15 is 0 Å². The Kier molecular flexibility index (Phi) is 3.92. The van der Waals surface area contributed by atoms with Crippen LogP contribution >= 0.6 is 0 Å². The van der Waals surface area contributed by atoms with Crippen molar-refractivity contribution in [3.8, 4) is 22.3 Å². The van der Waals surface area contributed by atoms with Crippen molar-refractivity contribution in [3.63, 3.8) is 0 Å². The summed E-state index contributed by atoms with van der Waals surface area (Å²) in [6.07, 6.45) is 0. The van der Waals surface area contributed by atoms with E-state index in [9.17, 15) is 0 Å². The molecule has 0 unspecified atom stereocenters. The Hall–Kier alpha value is -2.34. The van der Waals surface area contributed by atoms with Crippen LogP contribution in [0, 0.1) is 0 Å². The summed E-state index contributed by atoms with van der Waals surface area (Å²) in [5, 5.41) is 3.01. The molecule has 0 N–H and O–H groups in total. The summed E-state index contributed by atoms with van der Waals surface area (Å²) in [6.45, 7) is 0. The van der Waals surface area contributed by atoms with Crippen molar-refractivity contribution in [2.24, 2.45) is 0 Å². The van der Waals surface area contributed by atoms with Gasteiger partial charge in [-0.25, -0.2) is 0 Å². The molecule has 0 aliphatic rings. The molecule has 4 aromatic carbocycles. The van der Waals surface area contributed by atoms with E-state index in [-0.39, 0.29) is 0 Å². The summed E-state index contributed by atoms with van der Waals surface area (Å²) >= 11 is 0.827. The van der Waals surface area contributed by atoms with Crippen molar-refractivity contribution in [1.29, 1.82) is 0 Å². The molecule has 0 saturated carbocycles. The van der Waals surface area contributed by atoms with Gasteiger partial charge in [-0.15, -0.1) is 0 Å². The maximum atomic E-state index is 2.43. The zero-order valence-corrected chi connectivity index (χ0v) is 18.5. The van der Waals surface area contributed by atoms with Crippen LogP contribution in [0.15, 0.2) is 97.1 Å². The first-order valence-corrected chi connectivity index (χ1v) is 12.8. The molecule has 132 valence electrons. The van der Waals surface area contributed by atoms with E-state index in [0.29, 0.717) is 29.0 Å². The second kappa shape index (κ2) is 6.62. The van der Waals surface area contributed by atoms with Crippen LogP contribution in [0.2, 0.25) is 0 Å². The molecular weight excluding hydrogens is 470 g/mol. The van der Waals surface area contributed by atoms with Gasteiger partial charge in [0.1, 0.15) is 0 Å². The molecule has 0 atom stereocenters. The second-order valence-corrected chi connectivity index (χ2v) is 11.4. The predicted octanol–water partition coefficient (Wildman–Crippen LogP) is 6.59. The molecule has 2 heterocycles. The minimum atomic E-state index is 0.413. The van der Waals surface area contributed by atoms with Crippen LogP contribution in [0.25, 0.3) is 50.1 Å². The van der Waals surface area contributed by atoms with Crippen LogP contribution in [0.3, 0.4) is 0 Å². The van der Waals surface area contributed by atoms with Gasteiger partial charge in [0.05, 0.1) is 0 Å². The Morgan fingerprint density at radius 2 is 0.821 bits per heavy atom. The summed E-state index contributed by atoms with van der Waals surface area (Å²) < 4.78 is 6.36. The Labute approximate surface area is 175 Å². The Morgan fingerprint density at radius 1 is 0.393 bits per heavy atom. The molecule has 0 nitrogen and oxygen atoms in total. The van der Waals surface area contributed by atoms with Crippen LogP contribution in [0.5, 0.6) is 0 Å². The average Bonchev–Trinajstić information content (AvgIpc) is 3.30. The monoisotopic (exact) mass is 488 g/mol. The summed E-state index contributed by atoms with van der Waals surface area (Å²) in [5.74, 6) is 0. The molecule has 0 aliphatic carbocycles. The summed E-state index contributed by atoms with van der Waals surface area (Å²) in [7, 11) is 0. The van der Waals surface area contributed by atoms with Gasteiger partial charge in [-0.3, -0.25) is 0 Å². The van der Waals surface area contributed by atoms with Gasteiger partial charge in [-0.2, -0.15) is 0 Å². The fourth-order valence-corrected chi connectivity index (χ4v) is 10.4. The van der Waals surface area contributed by atoms with E-state index in [1.54, 1.807) is 17.0 Å². The molecular formula is C26H16Se2. The van der Waals surface area contributed by atoms with Crippen molar-refractivity contribution < 1.29 is 0 Å². The molecule has 0 bridgehead atoms. The van der Waals surface area contributed by atoms with Gasteiger partial charge in [-0.05, 0) is 0 Å². The van der Waals surface area contributed by atoms with E-state index < -0.39 is 0 Å². The fraction of sp³-hybridized carbons (Fsp3) is 0. The molecule has 28 heavy (non-hydrogen) atoms. The van der Waals surface area contributed by atoms with Crippen LogP contribution in [-0.2, 0) is 0 Å². The molecule has 0 amide bonds. The minimum absolute atomic E-state index is 0.413. The van der Waals surface area contributed by atoms with E-state index in [1.165, 1.54) is 33.0 Å². The van der Waals surface area contributed by atoms with Gasteiger partial charge in [0.25, 0.3) is 0 Å². The third-order valence-electron chi connectivity index (χ3n) is 5.30. The van der Waals surface area contributed by atoms with Gasteiger partial charge < -0.3 is 0 Å². The van der Waals surface area contributed by atoms with Crippen molar-refractivity contribution in [1.82, 2.24) is 0 Å². The second-order valence-electron chi connectivity index (χ2n) is 7.02. The van der Waals surface area contributed by atoms with E-state index in [1.807, 2.05) is 0 Å². The Morgan fingerprint density at radius 3 is 1.25 bits per heavy atom. The van der Waals surface area contributed by atoms with Crippen LogP contribution in [0.4, 0.5) is 0 Å². The average molecular weight is 486 g/mol.